The number of hydrogen-bond donors (Lipinski definition) is 1. The average molecular weight is 188 g/mol. The molecule has 1 N–H and O–H groups in total. The molecule has 70 valence electrons. The molecular weight excluding hydrogens is 180 g/mol. The zero-order valence-electron chi connectivity index (χ0n) is 7.29. The highest BCUT2D eigenvalue weighted by atomic mass is 16.4. The molecule has 0 aliphatic carbocycles. The van der Waals surface area contributed by atoms with Crippen molar-refractivity contribution in [3.63, 3.8) is 0 Å². The van der Waals surface area contributed by atoms with E-state index in [1.807, 2.05) is 24.5 Å². The molecule has 0 bridgehead atoms. The number of rotatable bonds is 2. The summed E-state index contributed by atoms with van der Waals surface area (Å²) in [5.74, 6) is -0.408. The number of carbonyl (C=O) groups is 1. The maximum atomic E-state index is 10.7. The SMILES string of the molecule is O=C(O)c1cccc(-n2cccc2)n1. The van der Waals surface area contributed by atoms with Crippen molar-refractivity contribution >= 4 is 5.97 Å². The van der Waals surface area contributed by atoms with Crippen molar-refractivity contribution in [2.75, 3.05) is 0 Å². The molecule has 0 aromatic carbocycles. The van der Waals surface area contributed by atoms with E-state index < -0.39 is 5.97 Å². The molecule has 2 aromatic rings. The first-order valence-electron chi connectivity index (χ1n) is 4.11. The van der Waals surface area contributed by atoms with Gasteiger partial charge in [0.2, 0.25) is 0 Å². The van der Waals surface area contributed by atoms with Gasteiger partial charge in [0.15, 0.2) is 5.69 Å². The molecule has 0 saturated heterocycles. The topological polar surface area (TPSA) is 55.1 Å². The van der Waals surface area contributed by atoms with Crippen LogP contribution in [0.5, 0.6) is 0 Å². The molecule has 0 radical (unpaired) electrons. The lowest BCUT2D eigenvalue weighted by molar-refractivity contribution is 0.0690. The Morgan fingerprint density at radius 2 is 1.93 bits per heavy atom. The molecule has 14 heavy (non-hydrogen) atoms. The fourth-order valence-corrected chi connectivity index (χ4v) is 1.17. The molecule has 0 aliphatic rings. The summed E-state index contributed by atoms with van der Waals surface area (Å²) >= 11 is 0. The van der Waals surface area contributed by atoms with Crippen LogP contribution in [0.4, 0.5) is 0 Å². The highest BCUT2D eigenvalue weighted by Gasteiger charge is 2.04. The quantitative estimate of drug-likeness (QED) is 0.778. The van der Waals surface area contributed by atoms with Gasteiger partial charge in [-0.3, -0.25) is 0 Å². The van der Waals surface area contributed by atoms with Gasteiger partial charge >= 0.3 is 5.97 Å². The maximum absolute atomic E-state index is 10.7. The predicted molar refractivity (Wildman–Crippen MR) is 50.5 cm³/mol. The summed E-state index contributed by atoms with van der Waals surface area (Å²) in [5.41, 5.74) is 0.0520. The minimum atomic E-state index is -1.01. The number of aromatic carboxylic acids is 1. The molecule has 0 unspecified atom stereocenters. The van der Waals surface area contributed by atoms with Gasteiger partial charge < -0.3 is 9.67 Å². The lowest BCUT2D eigenvalue weighted by Gasteiger charge is -2.01. The van der Waals surface area contributed by atoms with Crippen molar-refractivity contribution in [1.82, 2.24) is 9.55 Å². The van der Waals surface area contributed by atoms with Gasteiger partial charge in [0.25, 0.3) is 0 Å². The molecular formula is C10H8N2O2. The van der Waals surface area contributed by atoms with Crippen LogP contribution in [0.1, 0.15) is 10.5 Å². The predicted octanol–water partition coefficient (Wildman–Crippen LogP) is 1.57. The van der Waals surface area contributed by atoms with Gasteiger partial charge in [0, 0.05) is 12.4 Å². The Morgan fingerprint density at radius 1 is 1.21 bits per heavy atom. The van der Waals surface area contributed by atoms with E-state index in [4.69, 9.17) is 5.11 Å². The number of pyridine rings is 1. The summed E-state index contributed by atoms with van der Waals surface area (Å²) in [4.78, 5) is 14.6. The zero-order valence-corrected chi connectivity index (χ0v) is 7.29. The summed E-state index contributed by atoms with van der Waals surface area (Å²) in [6.07, 6.45) is 3.63. The van der Waals surface area contributed by atoms with E-state index in [0.29, 0.717) is 5.82 Å². The number of hydrogen-bond acceptors (Lipinski definition) is 2. The fourth-order valence-electron chi connectivity index (χ4n) is 1.17. The summed E-state index contributed by atoms with van der Waals surface area (Å²) in [5, 5.41) is 8.74. The second-order valence-corrected chi connectivity index (χ2v) is 2.78. The minimum Gasteiger partial charge on any atom is -0.477 e. The van der Waals surface area contributed by atoms with Crippen LogP contribution in [0, 0.1) is 0 Å². The molecule has 2 aromatic heterocycles. The third-order valence-electron chi connectivity index (χ3n) is 1.82. The Balaban J connectivity index is 2.46. The Labute approximate surface area is 80.4 Å². The first-order valence-corrected chi connectivity index (χ1v) is 4.11. The fraction of sp³-hybridized carbons (Fsp3) is 0. The molecule has 2 heterocycles. The Hall–Kier alpha value is -2.10. The monoisotopic (exact) mass is 188 g/mol. The molecule has 4 nitrogen and oxygen atoms in total. The third-order valence-corrected chi connectivity index (χ3v) is 1.82. The number of nitrogens with zero attached hydrogens (tertiary/aromatic N) is 2. The van der Waals surface area contributed by atoms with E-state index >= 15 is 0 Å². The Bertz CT molecular complexity index is 449. The highest BCUT2D eigenvalue weighted by Crippen LogP contribution is 2.05. The van der Waals surface area contributed by atoms with Crippen molar-refractivity contribution in [1.29, 1.82) is 0 Å². The van der Waals surface area contributed by atoms with Crippen molar-refractivity contribution in [3.8, 4) is 5.82 Å². The highest BCUT2D eigenvalue weighted by molar-refractivity contribution is 5.85. The van der Waals surface area contributed by atoms with Gasteiger partial charge in [0.1, 0.15) is 5.82 Å². The molecule has 0 amide bonds. The molecule has 2 rings (SSSR count). The van der Waals surface area contributed by atoms with Crippen molar-refractivity contribution in [2.45, 2.75) is 0 Å². The zero-order chi connectivity index (χ0) is 9.97. The van der Waals surface area contributed by atoms with Crippen molar-refractivity contribution < 1.29 is 9.90 Å². The first kappa shape index (κ1) is 8.50. The van der Waals surface area contributed by atoms with E-state index in [1.54, 1.807) is 16.7 Å². The second-order valence-electron chi connectivity index (χ2n) is 2.78. The van der Waals surface area contributed by atoms with Crippen LogP contribution < -0.4 is 0 Å². The molecule has 0 aliphatic heterocycles. The standard InChI is InChI=1S/C10H8N2O2/c13-10(14)8-4-3-5-9(11-8)12-6-1-2-7-12/h1-7H,(H,13,14). The molecule has 0 spiro atoms. The average Bonchev–Trinajstić information content (AvgIpc) is 2.71. The van der Waals surface area contributed by atoms with Crippen LogP contribution in [0.15, 0.2) is 42.7 Å². The molecule has 0 atom stereocenters. The van der Waals surface area contributed by atoms with Gasteiger partial charge in [-0.15, -0.1) is 0 Å². The Kier molecular flexibility index (Phi) is 2.02. The van der Waals surface area contributed by atoms with Gasteiger partial charge in [-0.05, 0) is 24.3 Å². The smallest absolute Gasteiger partial charge is 0.354 e. The Morgan fingerprint density at radius 3 is 2.57 bits per heavy atom. The first-order chi connectivity index (χ1) is 6.77. The van der Waals surface area contributed by atoms with Gasteiger partial charge in [-0.2, -0.15) is 0 Å². The molecule has 0 fully saturated rings. The minimum absolute atomic E-state index is 0.0520. The summed E-state index contributed by atoms with van der Waals surface area (Å²) in [6.45, 7) is 0. The van der Waals surface area contributed by atoms with Crippen LogP contribution >= 0.6 is 0 Å². The third kappa shape index (κ3) is 1.50. The van der Waals surface area contributed by atoms with Crippen molar-refractivity contribution in [3.05, 3.63) is 48.4 Å². The summed E-state index contributed by atoms with van der Waals surface area (Å²) in [7, 11) is 0. The molecule has 4 heteroatoms. The van der Waals surface area contributed by atoms with E-state index in [0.717, 1.165) is 0 Å². The largest absolute Gasteiger partial charge is 0.477 e. The normalized spacial score (nSPS) is 10.0. The van der Waals surface area contributed by atoms with Crippen LogP contribution in [0.25, 0.3) is 5.82 Å². The lowest BCUT2D eigenvalue weighted by atomic mass is 10.3. The summed E-state index contributed by atoms with van der Waals surface area (Å²) in [6, 6.07) is 8.61. The van der Waals surface area contributed by atoms with Gasteiger partial charge in [0.05, 0.1) is 0 Å². The number of carboxylic acid groups (broad SMARTS) is 1. The van der Waals surface area contributed by atoms with Gasteiger partial charge in [-0.1, -0.05) is 6.07 Å². The van der Waals surface area contributed by atoms with E-state index in [-0.39, 0.29) is 5.69 Å². The second kappa shape index (κ2) is 3.33. The van der Waals surface area contributed by atoms with Crippen LogP contribution in [-0.2, 0) is 0 Å². The van der Waals surface area contributed by atoms with Crippen molar-refractivity contribution in [2.24, 2.45) is 0 Å². The van der Waals surface area contributed by atoms with Gasteiger partial charge in [-0.25, -0.2) is 9.78 Å². The van der Waals surface area contributed by atoms with Crippen LogP contribution in [0.3, 0.4) is 0 Å². The van der Waals surface area contributed by atoms with Crippen LogP contribution in [-0.4, -0.2) is 20.6 Å². The lowest BCUT2D eigenvalue weighted by Crippen LogP contribution is -2.03. The van der Waals surface area contributed by atoms with E-state index in [2.05, 4.69) is 4.98 Å². The number of aromatic nitrogens is 2. The molecule has 0 saturated carbocycles. The van der Waals surface area contributed by atoms with Crippen LogP contribution in [0.2, 0.25) is 0 Å². The number of carboxylic acids is 1. The summed E-state index contributed by atoms with van der Waals surface area (Å²) < 4.78 is 1.76. The van der Waals surface area contributed by atoms with E-state index in [9.17, 15) is 4.79 Å². The van der Waals surface area contributed by atoms with E-state index in [1.165, 1.54) is 6.07 Å². The maximum Gasteiger partial charge on any atom is 0.354 e.